The highest BCUT2D eigenvalue weighted by Crippen LogP contribution is 2.47. The number of aromatic carboxylic acids is 1. The number of aryl methyl sites for hydroxylation is 1. The largest absolute Gasteiger partial charge is 0.490 e. The van der Waals surface area contributed by atoms with Gasteiger partial charge in [0.25, 0.3) is 0 Å². The molecule has 2 aromatic rings. The lowest BCUT2D eigenvalue weighted by atomic mass is 9.67. The van der Waals surface area contributed by atoms with Crippen molar-refractivity contribution >= 4 is 33.3 Å². The van der Waals surface area contributed by atoms with Gasteiger partial charge in [0.15, 0.2) is 0 Å². The predicted molar refractivity (Wildman–Crippen MR) is 165 cm³/mol. The fourth-order valence-electron chi connectivity index (χ4n) is 7.60. The molecule has 2 aliphatic carbocycles. The van der Waals surface area contributed by atoms with Crippen molar-refractivity contribution in [3.8, 4) is 5.75 Å². The van der Waals surface area contributed by atoms with E-state index in [1.54, 1.807) is 18.2 Å². The third kappa shape index (κ3) is 6.54. The molecule has 4 aliphatic rings. The molecule has 43 heavy (non-hydrogen) atoms. The molecule has 0 amide bonds. The van der Waals surface area contributed by atoms with Gasteiger partial charge in [0.2, 0.25) is 10.0 Å². The summed E-state index contributed by atoms with van der Waals surface area (Å²) in [5.41, 5.74) is 3.37. The lowest BCUT2D eigenvalue weighted by Crippen LogP contribution is -2.51. The molecule has 6 rings (SSSR count). The van der Waals surface area contributed by atoms with E-state index in [2.05, 4.69) is 24.0 Å². The first-order chi connectivity index (χ1) is 20.5. The molecule has 1 unspecified atom stereocenters. The van der Waals surface area contributed by atoms with Gasteiger partial charge in [-0.1, -0.05) is 24.6 Å². The first kappa shape index (κ1) is 30.6. The summed E-state index contributed by atoms with van der Waals surface area (Å²) >= 11 is 6.39. The Balaban J connectivity index is 1.24. The van der Waals surface area contributed by atoms with Gasteiger partial charge in [-0.3, -0.25) is 0 Å². The summed E-state index contributed by atoms with van der Waals surface area (Å²) in [5.74, 6) is 0.413. The third-order valence-corrected chi connectivity index (χ3v) is 11.0. The summed E-state index contributed by atoms with van der Waals surface area (Å²) in [4.78, 5) is 14.3. The van der Waals surface area contributed by atoms with Crippen LogP contribution in [-0.4, -0.2) is 70.4 Å². The Labute approximate surface area is 258 Å². The Morgan fingerprint density at radius 2 is 2.07 bits per heavy atom. The van der Waals surface area contributed by atoms with Gasteiger partial charge in [0, 0.05) is 35.9 Å². The molecule has 11 heteroatoms. The number of carbonyl (C=O) groups is 1. The number of sulfonamides is 1. The van der Waals surface area contributed by atoms with Crippen LogP contribution < -0.4 is 14.8 Å². The molecule has 2 aromatic carbocycles. The van der Waals surface area contributed by atoms with Crippen LogP contribution in [0.25, 0.3) is 0 Å². The summed E-state index contributed by atoms with van der Waals surface area (Å²) < 4.78 is 41.6. The van der Waals surface area contributed by atoms with Crippen molar-refractivity contribution in [3.05, 3.63) is 58.1 Å². The minimum atomic E-state index is -3.57. The van der Waals surface area contributed by atoms with Gasteiger partial charge < -0.3 is 24.2 Å². The van der Waals surface area contributed by atoms with Gasteiger partial charge in [-0.05, 0) is 85.4 Å². The molecular formula is C32H41ClN2O7S. The summed E-state index contributed by atoms with van der Waals surface area (Å²) in [7, 11) is -3.57. The second kappa shape index (κ2) is 12.2. The van der Waals surface area contributed by atoms with Crippen LogP contribution >= 0.6 is 11.6 Å². The molecule has 6 atom stereocenters. The van der Waals surface area contributed by atoms with E-state index in [9.17, 15) is 18.3 Å². The van der Waals surface area contributed by atoms with Crippen molar-refractivity contribution in [2.45, 2.75) is 63.1 Å². The highest BCUT2D eigenvalue weighted by molar-refractivity contribution is 7.89. The summed E-state index contributed by atoms with van der Waals surface area (Å²) in [5, 5.41) is 15.7. The minimum absolute atomic E-state index is 0.0222. The fourth-order valence-corrected chi connectivity index (χ4v) is 8.12. The van der Waals surface area contributed by atoms with Crippen LogP contribution in [0.2, 0.25) is 5.02 Å². The summed E-state index contributed by atoms with van der Waals surface area (Å²) in [6.07, 6.45) is 5.76. The van der Waals surface area contributed by atoms with Gasteiger partial charge in [-0.2, -0.15) is 0 Å². The first-order valence-corrected chi connectivity index (χ1v) is 17.4. The average molecular weight is 633 g/mol. The van der Waals surface area contributed by atoms with Crippen molar-refractivity contribution in [1.29, 1.82) is 0 Å². The second-order valence-electron chi connectivity index (χ2n) is 13.0. The molecule has 1 spiro atoms. The van der Waals surface area contributed by atoms with Crippen molar-refractivity contribution in [2.24, 2.45) is 22.9 Å². The third-order valence-electron chi connectivity index (χ3n) is 10.1. The molecular weight excluding hydrogens is 592 g/mol. The van der Waals surface area contributed by atoms with E-state index >= 15 is 0 Å². The lowest BCUT2D eigenvalue weighted by Gasteiger charge is -2.48. The number of carboxylic acid groups (broad SMARTS) is 1. The molecule has 9 nitrogen and oxygen atoms in total. The SMILES string of the molecule is CC1CO[C@@H]([C@@H]2CC[C@H]2CN2C[C@@]3(CCCc4cc(Cl)ccc43)COc3ccc(C(=O)O)cc32)C[C@@H]1OCCS(N)(=O)=O. The summed E-state index contributed by atoms with van der Waals surface area (Å²) in [6.45, 7) is 4.73. The Morgan fingerprint density at radius 3 is 2.81 bits per heavy atom. The van der Waals surface area contributed by atoms with Crippen LogP contribution in [0.4, 0.5) is 5.69 Å². The normalized spacial score (nSPS) is 30.5. The number of hydrogen-bond acceptors (Lipinski definition) is 7. The van der Waals surface area contributed by atoms with Crippen molar-refractivity contribution in [2.75, 3.05) is 43.6 Å². The van der Waals surface area contributed by atoms with Gasteiger partial charge in [-0.25, -0.2) is 18.4 Å². The monoisotopic (exact) mass is 632 g/mol. The van der Waals surface area contributed by atoms with E-state index < -0.39 is 16.0 Å². The van der Waals surface area contributed by atoms with Crippen LogP contribution in [0.15, 0.2) is 36.4 Å². The van der Waals surface area contributed by atoms with E-state index in [1.165, 1.54) is 11.1 Å². The van der Waals surface area contributed by atoms with Crippen molar-refractivity contribution in [3.63, 3.8) is 0 Å². The summed E-state index contributed by atoms with van der Waals surface area (Å²) in [6, 6.07) is 11.4. The molecule has 3 N–H and O–H groups in total. The number of halogens is 1. The number of rotatable bonds is 8. The molecule has 0 aromatic heterocycles. The van der Waals surface area contributed by atoms with Gasteiger partial charge >= 0.3 is 5.97 Å². The molecule has 1 saturated carbocycles. The number of primary sulfonamides is 1. The average Bonchev–Trinajstić information content (AvgIpc) is 3.09. The highest BCUT2D eigenvalue weighted by atomic mass is 35.5. The second-order valence-corrected chi connectivity index (χ2v) is 15.1. The smallest absolute Gasteiger partial charge is 0.335 e. The van der Waals surface area contributed by atoms with Crippen molar-refractivity contribution < 1.29 is 32.5 Å². The molecule has 234 valence electrons. The lowest BCUT2D eigenvalue weighted by molar-refractivity contribution is -0.139. The maximum Gasteiger partial charge on any atom is 0.335 e. The maximum atomic E-state index is 12.0. The molecule has 0 radical (unpaired) electrons. The Bertz CT molecular complexity index is 1470. The molecule has 2 heterocycles. The molecule has 0 bridgehead atoms. The number of ether oxygens (including phenoxy) is 3. The van der Waals surface area contributed by atoms with E-state index in [0.29, 0.717) is 37.2 Å². The van der Waals surface area contributed by atoms with Crippen LogP contribution in [-0.2, 0) is 31.3 Å². The van der Waals surface area contributed by atoms with E-state index in [1.807, 2.05) is 6.07 Å². The van der Waals surface area contributed by atoms with Gasteiger partial charge in [-0.15, -0.1) is 0 Å². The number of hydrogen-bond donors (Lipinski definition) is 2. The van der Waals surface area contributed by atoms with Gasteiger partial charge in [0.1, 0.15) is 5.75 Å². The van der Waals surface area contributed by atoms with Crippen LogP contribution in [0.5, 0.6) is 5.75 Å². The van der Waals surface area contributed by atoms with Crippen LogP contribution in [0.1, 0.15) is 60.5 Å². The fraction of sp³-hybridized carbons (Fsp3) is 0.594. The molecule has 1 saturated heterocycles. The highest BCUT2D eigenvalue weighted by Gasteiger charge is 2.46. The maximum absolute atomic E-state index is 12.0. The van der Waals surface area contributed by atoms with Crippen LogP contribution in [0.3, 0.4) is 0 Å². The number of nitrogens with two attached hydrogens (primary N) is 1. The number of carboxylic acids is 1. The quantitative estimate of drug-likeness (QED) is 0.431. The number of nitrogens with zero attached hydrogens (tertiary/aromatic N) is 1. The number of fused-ring (bicyclic) bond motifs is 3. The minimum Gasteiger partial charge on any atom is -0.490 e. The predicted octanol–water partition coefficient (Wildman–Crippen LogP) is 4.64. The Hall–Kier alpha value is -2.37. The molecule has 2 aliphatic heterocycles. The Kier molecular flexibility index (Phi) is 8.69. The van der Waals surface area contributed by atoms with E-state index in [4.69, 9.17) is 31.0 Å². The molecule has 2 fully saturated rings. The van der Waals surface area contributed by atoms with Crippen molar-refractivity contribution in [1.82, 2.24) is 0 Å². The standard InChI is InChI=1S/C32H41ClN2O7S/c1-20-17-41-30(15-29(20)40-11-12-43(34,38)39)25-7-4-23(25)16-35-18-32(10-2-3-21-13-24(33)6-8-26(21)32)19-42-28-9-5-22(31(36)37)14-27(28)35/h5-6,8-9,13-14,20,23,25,29-30H,2-4,7,10-12,15-19H2,1H3,(H,36,37)(H2,34,38,39)/t20?,23-,25+,29-,30+,32-/m0/s1. The van der Waals surface area contributed by atoms with E-state index in [-0.39, 0.29) is 41.5 Å². The zero-order chi connectivity index (χ0) is 30.4. The zero-order valence-corrected chi connectivity index (χ0v) is 26.1. The topological polar surface area (TPSA) is 128 Å². The van der Waals surface area contributed by atoms with Crippen LogP contribution in [0, 0.1) is 17.8 Å². The zero-order valence-electron chi connectivity index (χ0n) is 24.5. The van der Waals surface area contributed by atoms with Gasteiger partial charge in [0.05, 0.1) is 49.0 Å². The first-order valence-electron chi connectivity index (χ1n) is 15.3. The van der Waals surface area contributed by atoms with E-state index in [0.717, 1.165) is 55.9 Å². The number of anilines is 1. The number of benzene rings is 2. The Morgan fingerprint density at radius 1 is 1.23 bits per heavy atom.